The molecule has 2 aromatic carbocycles. The molecule has 2 aromatic rings. The molecular formula is C20H22F2N4O6. The standard InChI is InChI=1S/C20H22F2N2.2NO3/c21-17-5-9-19(10-6-17)24(20-11-7-18(22)8-12-20)16-4-15-23-13-2-1-3-14-23;2*2-1(3)4/h5-12,15-16H,1-4,13-14H2;;/q+2;2*-1. The van der Waals surface area contributed by atoms with Crippen LogP contribution in [0.4, 0.5) is 20.2 Å². The second-order valence-electron chi connectivity index (χ2n) is 6.47. The molecule has 1 aliphatic rings. The van der Waals surface area contributed by atoms with Crippen LogP contribution in [0.1, 0.15) is 25.7 Å². The number of rotatable bonds is 4. The van der Waals surface area contributed by atoms with Crippen molar-refractivity contribution in [3.63, 3.8) is 0 Å². The summed E-state index contributed by atoms with van der Waals surface area (Å²) in [6, 6.07) is 12.7. The van der Waals surface area contributed by atoms with E-state index in [2.05, 4.69) is 17.0 Å². The third kappa shape index (κ3) is 11.3. The summed E-state index contributed by atoms with van der Waals surface area (Å²) < 4.78 is 30.7. The maximum Gasteiger partial charge on any atom is 0.211 e. The lowest BCUT2D eigenvalue weighted by Crippen LogP contribution is -2.21. The monoisotopic (exact) mass is 452 g/mol. The number of benzene rings is 2. The molecule has 0 aliphatic carbocycles. The van der Waals surface area contributed by atoms with E-state index in [-0.39, 0.29) is 11.6 Å². The summed E-state index contributed by atoms with van der Waals surface area (Å²) in [4.78, 5) is 16.5. The van der Waals surface area contributed by atoms with Gasteiger partial charge in [-0.05, 0) is 30.7 Å². The van der Waals surface area contributed by atoms with Crippen LogP contribution in [0.3, 0.4) is 0 Å². The summed E-state index contributed by atoms with van der Waals surface area (Å²) in [6.45, 7) is 2.22. The molecule has 0 radical (unpaired) electrons. The first-order valence-corrected chi connectivity index (χ1v) is 9.53. The molecule has 0 atom stereocenters. The van der Waals surface area contributed by atoms with Crippen LogP contribution in [0.5, 0.6) is 0 Å². The number of hydrogen-bond acceptors (Lipinski definition) is 6. The van der Waals surface area contributed by atoms with Crippen molar-refractivity contribution in [2.24, 2.45) is 0 Å². The third-order valence-corrected chi connectivity index (χ3v) is 4.25. The number of halogens is 2. The maximum absolute atomic E-state index is 13.2. The molecule has 0 spiro atoms. The van der Waals surface area contributed by atoms with Gasteiger partial charge in [0.15, 0.2) is 6.21 Å². The molecule has 10 nitrogen and oxygen atoms in total. The molecule has 1 fully saturated rings. The van der Waals surface area contributed by atoms with Gasteiger partial charge < -0.3 is 30.6 Å². The molecule has 1 aliphatic heterocycles. The van der Waals surface area contributed by atoms with Crippen molar-refractivity contribution >= 4 is 23.8 Å². The summed E-state index contributed by atoms with van der Waals surface area (Å²) in [7, 11) is 0. The van der Waals surface area contributed by atoms with Crippen molar-refractivity contribution in [3.05, 3.63) is 90.8 Å². The van der Waals surface area contributed by atoms with Crippen molar-refractivity contribution in [2.75, 3.05) is 13.1 Å². The molecule has 1 saturated heterocycles. The summed E-state index contributed by atoms with van der Waals surface area (Å²) in [6.07, 6.45) is 8.83. The Balaban J connectivity index is 0.000000554. The van der Waals surface area contributed by atoms with Gasteiger partial charge in [-0.15, -0.1) is 0 Å². The SMILES string of the molecule is Fc1ccc([N+](=CCC=[N+]2CCCCC2)c2ccc(F)cc2)cc1.O=[N+]([O-])[O-].O=[N+]([O-])[O-]. The molecule has 0 saturated carbocycles. The Labute approximate surface area is 182 Å². The quantitative estimate of drug-likeness (QED) is 0.297. The highest BCUT2D eigenvalue weighted by atomic mass is 19.1. The van der Waals surface area contributed by atoms with Crippen molar-refractivity contribution in [2.45, 2.75) is 25.7 Å². The average molecular weight is 452 g/mol. The Morgan fingerprint density at radius 1 is 0.750 bits per heavy atom. The van der Waals surface area contributed by atoms with E-state index in [4.69, 9.17) is 30.6 Å². The van der Waals surface area contributed by atoms with Gasteiger partial charge in [0.1, 0.15) is 37.4 Å². The molecule has 172 valence electrons. The zero-order valence-electron chi connectivity index (χ0n) is 17.0. The summed E-state index contributed by atoms with van der Waals surface area (Å²) >= 11 is 0. The summed E-state index contributed by atoms with van der Waals surface area (Å²) in [5.74, 6) is -0.532. The Kier molecular flexibility index (Phi) is 11.5. The van der Waals surface area contributed by atoms with Crippen LogP contribution in [0.15, 0.2) is 48.5 Å². The zero-order chi connectivity index (χ0) is 23.9. The molecule has 12 heteroatoms. The lowest BCUT2D eigenvalue weighted by Gasteiger charge is -2.08. The van der Waals surface area contributed by atoms with E-state index in [1.54, 1.807) is 24.3 Å². The summed E-state index contributed by atoms with van der Waals surface area (Å²) in [5.41, 5.74) is 1.71. The Morgan fingerprint density at radius 3 is 1.50 bits per heavy atom. The van der Waals surface area contributed by atoms with Crippen LogP contribution in [-0.2, 0) is 0 Å². The highest BCUT2D eigenvalue weighted by Crippen LogP contribution is 2.20. The van der Waals surface area contributed by atoms with Crippen molar-refractivity contribution in [3.8, 4) is 0 Å². The number of hydrogen-bond donors (Lipinski definition) is 0. The van der Waals surface area contributed by atoms with Gasteiger partial charge in [-0.25, -0.2) is 13.4 Å². The molecule has 32 heavy (non-hydrogen) atoms. The van der Waals surface area contributed by atoms with Crippen molar-refractivity contribution in [1.82, 2.24) is 4.58 Å². The van der Waals surface area contributed by atoms with Gasteiger partial charge in [0.2, 0.25) is 11.4 Å². The zero-order valence-corrected chi connectivity index (χ0v) is 17.0. The molecule has 0 N–H and O–H groups in total. The van der Waals surface area contributed by atoms with E-state index in [9.17, 15) is 8.78 Å². The third-order valence-electron chi connectivity index (χ3n) is 4.25. The van der Waals surface area contributed by atoms with E-state index in [1.165, 1.54) is 43.5 Å². The van der Waals surface area contributed by atoms with Crippen LogP contribution in [0.2, 0.25) is 0 Å². The molecular weight excluding hydrogens is 430 g/mol. The minimum Gasteiger partial charge on any atom is -0.356 e. The minimum atomic E-state index is -1.75. The lowest BCUT2D eigenvalue weighted by molar-refractivity contribution is -0.533. The predicted molar refractivity (Wildman–Crippen MR) is 116 cm³/mol. The fraction of sp³-hybridized carbons (Fsp3) is 0.300. The van der Waals surface area contributed by atoms with Crippen LogP contribution >= 0.6 is 0 Å². The minimum absolute atomic E-state index is 0.266. The second-order valence-corrected chi connectivity index (χ2v) is 6.47. The van der Waals surface area contributed by atoms with E-state index >= 15 is 0 Å². The largest absolute Gasteiger partial charge is 0.356 e. The first kappa shape index (κ1) is 26.1. The normalized spacial score (nSPS) is 12.2. The molecule has 0 bridgehead atoms. The average Bonchev–Trinajstić information content (AvgIpc) is 2.73. The van der Waals surface area contributed by atoms with Gasteiger partial charge >= 0.3 is 0 Å². The Bertz CT molecular complexity index is 859. The van der Waals surface area contributed by atoms with Gasteiger partial charge in [0.25, 0.3) is 0 Å². The van der Waals surface area contributed by atoms with Gasteiger partial charge in [-0.3, -0.25) is 0 Å². The Hall–Kier alpha value is -3.96. The summed E-state index contributed by atoms with van der Waals surface area (Å²) in [5, 5.41) is 29.5. The first-order valence-electron chi connectivity index (χ1n) is 9.53. The highest BCUT2D eigenvalue weighted by Gasteiger charge is 2.14. The van der Waals surface area contributed by atoms with Gasteiger partial charge in [-0.2, -0.15) is 4.58 Å². The van der Waals surface area contributed by atoms with Gasteiger partial charge in [0.05, 0.1) is 10.2 Å². The smallest absolute Gasteiger partial charge is 0.211 e. The fourth-order valence-corrected chi connectivity index (χ4v) is 2.97. The van der Waals surface area contributed by atoms with Crippen molar-refractivity contribution < 1.29 is 23.5 Å². The topological polar surface area (TPSA) is 138 Å². The Morgan fingerprint density at radius 2 is 1.12 bits per heavy atom. The lowest BCUT2D eigenvalue weighted by atomic mass is 10.1. The van der Waals surface area contributed by atoms with Gasteiger partial charge in [-0.1, -0.05) is 0 Å². The number of nitrogens with zero attached hydrogens (tertiary/aromatic N) is 4. The first-order chi connectivity index (χ1) is 15.2. The van der Waals surface area contributed by atoms with Crippen LogP contribution < -0.4 is 4.58 Å². The van der Waals surface area contributed by atoms with E-state index in [0.717, 1.165) is 30.9 Å². The molecule has 0 unspecified atom stereocenters. The van der Waals surface area contributed by atoms with E-state index in [0.29, 0.717) is 0 Å². The van der Waals surface area contributed by atoms with E-state index < -0.39 is 10.2 Å². The molecule has 0 aromatic heterocycles. The van der Waals surface area contributed by atoms with Crippen LogP contribution in [0, 0.1) is 42.3 Å². The highest BCUT2D eigenvalue weighted by molar-refractivity contribution is 5.81. The fourth-order valence-electron chi connectivity index (χ4n) is 2.97. The van der Waals surface area contributed by atoms with Crippen LogP contribution in [0.25, 0.3) is 0 Å². The molecule has 0 amide bonds. The predicted octanol–water partition coefficient (Wildman–Crippen LogP) is 4.05. The van der Waals surface area contributed by atoms with Gasteiger partial charge in [0, 0.05) is 37.1 Å². The second kappa shape index (κ2) is 14.1. The molecule has 3 rings (SSSR count). The number of piperidine rings is 1. The van der Waals surface area contributed by atoms with E-state index in [1.807, 2.05) is 4.58 Å². The van der Waals surface area contributed by atoms with Crippen molar-refractivity contribution in [1.29, 1.82) is 0 Å². The maximum atomic E-state index is 13.2. The molecule has 1 heterocycles. The van der Waals surface area contributed by atoms with Crippen LogP contribution in [-0.4, -0.2) is 40.3 Å².